The van der Waals surface area contributed by atoms with Crippen LogP contribution in [0.15, 0.2) is 59.6 Å². The van der Waals surface area contributed by atoms with Crippen molar-refractivity contribution in [1.82, 2.24) is 4.98 Å². The van der Waals surface area contributed by atoms with E-state index in [0.717, 1.165) is 30.7 Å². The second-order valence-electron chi connectivity index (χ2n) is 7.19. The van der Waals surface area contributed by atoms with Crippen molar-refractivity contribution in [2.45, 2.75) is 10.1 Å². The van der Waals surface area contributed by atoms with E-state index in [2.05, 4.69) is 10.3 Å². The van der Waals surface area contributed by atoms with Crippen molar-refractivity contribution in [2.75, 3.05) is 23.9 Å². The Morgan fingerprint density at radius 2 is 1.64 bits per heavy atom. The van der Waals surface area contributed by atoms with Gasteiger partial charge in [0.25, 0.3) is 0 Å². The van der Waals surface area contributed by atoms with Gasteiger partial charge in [-0.05, 0) is 54.1 Å². The average Bonchev–Trinajstić information content (AvgIpc) is 2.72. The van der Waals surface area contributed by atoms with E-state index >= 15 is 0 Å². The molecule has 0 aliphatic heterocycles. The van der Waals surface area contributed by atoms with Crippen LogP contribution in [0.25, 0.3) is 0 Å². The average molecular weight is 535 g/mol. The lowest BCUT2D eigenvalue weighted by molar-refractivity contribution is 0.569. The molecule has 3 rings (SSSR count). The lowest BCUT2D eigenvalue weighted by atomic mass is 10.0. The van der Waals surface area contributed by atoms with E-state index in [9.17, 15) is 25.6 Å². The number of pyridine rings is 1. The van der Waals surface area contributed by atoms with Crippen molar-refractivity contribution >= 4 is 48.7 Å². The van der Waals surface area contributed by atoms with E-state index in [1.54, 1.807) is 0 Å². The zero-order valence-electron chi connectivity index (χ0n) is 17.1. The van der Waals surface area contributed by atoms with Crippen molar-refractivity contribution in [3.63, 3.8) is 0 Å². The largest absolute Gasteiger partial charge is 0.369 e. The Morgan fingerprint density at radius 1 is 0.970 bits per heavy atom. The summed E-state index contributed by atoms with van der Waals surface area (Å²) in [6.07, 6.45) is 2.22. The van der Waals surface area contributed by atoms with Gasteiger partial charge in [-0.15, -0.1) is 0 Å². The Kier molecular flexibility index (Phi) is 7.62. The maximum Gasteiger partial charge on any atom is 0.189 e. The van der Waals surface area contributed by atoms with Gasteiger partial charge in [0, 0.05) is 29.6 Å². The van der Waals surface area contributed by atoms with Crippen LogP contribution in [-0.2, 0) is 19.7 Å². The molecule has 1 heterocycles. The van der Waals surface area contributed by atoms with Gasteiger partial charge in [-0.2, -0.15) is 0 Å². The summed E-state index contributed by atoms with van der Waals surface area (Å²) in [6.45, 7) is -0.00413. The van der Waals surface area contributed by atoms with Crippen molar-refractivity contribution in [1.29, 1.82) is 0 Å². The highest BCUT2D eigenvalue weighted by Gasteiger charge is 2.35. The minimum Gasteiger partial charge on any atom is -0.369 e. The maximum atomic E-state index is 14.8. The number of nitrogens with zero attached hydrogens (tertiary/aromatic N) is 1. The molecule has 1 aromatic heterocycles. The summed E-state index contributed by atoms with van der Waals surface area (Å²) >= 11 is 12.1. The first kappa shape index (κ1) is 25.4. The molecule has 0 saturated heterocycles. The Morgan fingerprint density at radius 3 is 2.27 bits per heavy atom. The number of aromatic nitrogens is 1. The molecule has 0 bridgehead atoms. The smallest absolute Gasteiger partial charge is 0.189 e. The van der Waals surface area contributed by atoms with Crippen LogP contribution in [0.2, 0.25) is 10.0 Å². The molecule has 12 heteroatoms. The predicted octanol–water partition coefficient (Wildman–Crippen LogP) is 4.69. The second-order valence-corrected chi connectivity index (χ2v) is 12.3. The highest BCUT2D eigenvalue weighted by molar-refractivity contribution is 7.92. The highest BCUT2D eigenvalue weighted by atomic mass is 35.5. The van der Waals surface area contributed by atoms with Gasteiger partial charge in [0.05, 0.1) is 15.7 Å². The van der Waals surface area contributed by atoms with Crippen molar-refractivity contribution in [2.24, 2.45) is 0 Å². The lowest BCUT2D eigenvalue weighted by Crippen LogP contribution is -2.19. The standard InChI is InChI=1S/C21H18Cl2F2N2O4S2/c1-32(28,29)9-8-26-20-11-16(18(23)12-27-20)21(17-10-14(24)4-7-19(17)25)33(30,31)15-5-2-13(22)3-6-15/h2-7,10-12,21H,8-9H2,1H3,(H,26,27). The van der Waals surface area contributed by atoms with E-state index in [0.29, 0.717) is 5.02 Å². The topological polar surface area (TPSA) is 93.2 Å². The van der Waals surface area contributed by atoms with Crippen LogP contribution in [0.3, 0.4) is 0 Å². The number of hydrogen-bond acceptors (Lipinski definition) is 6. The fourth-order valence-electron chi connectivity index (χ4n) is 3.09. The molecule has 0 radical (unpaired) electrons. The molecule has 0 aliphatic carbocycles. The Balaban J connectivity index is 2.17. The molecule has 1 unspecified atom stereocenters. The van der Waals surface area contributed by atoms with Crippen LogP contribution in [0, 0.1) is 11.6 Å². The number of rotatable bonds is 8. The van der Waals surface area contributed by atoms with Gasteiger partial charge in [-0.25, -0.2) is 30.6 Å². The lowest BCUT2D eigenvalue weighted by Gasteiger charge is -2.21. The molecular weight excluding hydrogens is 517 g/mol. The monoisotopic (exact) mass is 534 g/mol. The van der Waals surface area contributed by atoms with Crippen LogP contribution in [0.5, 0.6) is 0 Å². The molecule has 1 N–H and O–H groups in total. The third kappa shape index (κ3) is 6.20. The molecule has 2 aromatic carbocycles. The molecule has 3 aromatic rings. The van der Waals surface area contributed by atoms with Crippen LogP contribution >= 0.6 is 23.2 Å². The van der Waals surface area contributed by atoms with Gasteiger partial charge in [-0.3, -0.25) is 0 Å². The van der Waals surface area contributed by atoms with Gasteiger partial charge < -0.3 is 5.32 Å². The predicted molar refractivity (Wildman–Crippen MR) is 124 cm³/mol. The molecule has 0 saturated carbocycles. The van der Waals surface area contributed by atoms with E-state index in [1.807, 2.05) is 0 Å². The van der Waals surface area contributed by atoms with Crippen LogP contribution in [0.1, 0.15) is 16.4 Å². The van der Waals surface area contributed by atoms with Gasteiger partial charge in [0.2, 0.25) is 0 Å². The molecule has 0 aliphatic rings. The Bertz CT molecular complexity index is 1380. The summed E-state index contributed by atoms with van der Waals surface area (Å²) in [4.78, 5) is 3.84. The van der Waals surface area contributed by atoms with Gasteiger partial charge >= 0.3 is 0 Å². The summed E-state index contributed by atoms with van der Waals surface area (Å²) in [5.41, 5.74) is -0.506. The fourth-order valence-corrected chi connectivity index (χ4v) is 5.80. The summed E-state index contributed by atoms with van der Waals surface area (Å²) < 4.78 is 78.8. The Labute approximate surface area is 200 Å². The molecule has 6 nitrogen and oxygen atoms in total. The highest BCUT2D eigenvalue weighted by Crippen LogP contribution is 2.40. The molecule has 176 valence electrons. The molecule has 0 fully saturated rings. The van der Waals surface area contributed by atoms with Crippen molar-refractivity contribution in [3.8, 4) is 0 Å². The number of benzene rings is 2. The number of nitrogens with one attached hydrogen (secondary N) is 1. The first-order valence-corrected chi connectivity index (χ1v) is 13.8. The van der Waals surface area contributed by atoms with E-state index in [1.165, 1.54) is 30.3 Å². The summed E-state index contributed by atoms with van der Waals surface area (Å²) in [6, 6.07) is 8.99. The Hall–Kier alpha value is -2.27. The SMILES string of the molecule is CS(=O)(=O)CCNc1cc(C(c2cc(F)ccc2F)S(=O)(=O)c2ccc(Cl)cc2)c(Cl)cn1. The first-order chi connectivity index (χ1) is 15.4. The number of hydrogen-bond donors (Lipinski definition) is 1. The molecule has 0 amide bonds. The first-order valence-electron chi connectivity index (χ1n) is 9.40. The summed E-state index contributed by atoms with van der Waals surface area (Å²) in [7, 11) is -7.61. The minimum absolute atomic E-state index is 0.00413. The fraction of sp³-hybridized carbons (Fsp3) is 0.190. The van der Waals surface area contributed by atoms with Crippen LogP contribution in [-0.4, -0.2) is 40.4 Å². The molecule has 33 heavy (non-hydrogen) atoms. The molecule has 1 atom stereocenters. The zero-order chi connectivity index (χ0) is 24.4. The van der Waals surface area contributed by atoms with Gasteiger partial charge in [0.15, 0.2) is 9.84 Å². The number of sulfone groups is 2. The maximum absolute atomic E-state index is 14.8. The van der Waals surface area contributed by atoms with E-state index in [4.69, 9.17) is 23.2 Å². The minimum atomic E-state index is -4.35. The van der Waals surface area contributed by atoms with Gasteiger partial charge in [0.1, 0.15) is 32.5 Å². The van der Waals surface area contributed by atoms with Crippen molar-refractivity contribution in [3.05, 3.63) is 87.5 Å². The van der Waals surface area contributed by atoms with Crippen molar-refractivity contribution < 1.29 is 25.6 Å². The van der Waals surface area contributed by atoms with E-state index in [-0.39, 0.29) is 33.6 Å². The quantitative estimate of drug-likeness (QED) is 0.450. The van der Waals surface area contributed by atoms with Crippen LogP contribution in [0.4, 0.5) is 14.6 Å². The van der Waals surface area contributed by atoms with Crippen LogP contribution < -0.4 is 5.32 Å². The van der Waals surface area contributed by atoms with Gasteiger partial charge in [-0.1, -0.05) is 23.2 Å². The molecular formula is C21H18Cl2F2N2O4S2. The number of halogens is 4. The summed E-state index contributed by atoms with van der Waals surface area (Å²) in [5.74, 6) is -1.86. The zero-order valence-corrected chi connectivity index (χ0v) is 20.2. The normalized spacial score (nSPS) is 13.0. The molecule has 0 spiro atoms. The number of anilines is 1. The second kappa shape index (κ2) is 9.92. The van der Waals surface area contributed by atoms with E-state index < -0.39 is 42.1 Å². The third-order valence-corrected chi connectivity index (χ3v) is 8.21. The third-order valence-electron chi connectivity index (χ3n) is 4.64. The summed E-state index contributed by atoms with van der Waals surface area (Å²) in [5, 5.41) is 1.24.